The van der Waals surface area contributed by atoms with Gasteiger partial charge in [-0.2, -0.15) is 0 Å². The molecule has 0 N–H and O–H groups in total. The standard InChI is InChI=1S/C15H32O6Si/c1-7-15(12-20-14(2,3)21-13-15)11-19-9-8-10-22(16-4,17-5)18-6/h7-13H2,1-6H3. The number of ether oxygens (including phenoxy) is 3. The Morgan fingerprint density at radius 3 is 2.00 bits per heavy atom. The van der Waals surface area contributed by atoms with Crippen LogP contribution in [0.5, 0.6) is 0 Å². The lowest BCUT2D eigenvalue weighted by Crippen LogP contribution is -2.48. The minimum absolute atomic E-state index is 0.0478. The lowest BCUT2D eigenvalue weighted by Gasteiger charge is -2.42. The van der Waals surface area contributed by atoms with Crippen molar-refractivity contribution >= 4 is 8.80 Å². The van der Waals surface area contributed by atoms with E-state index in [0.29, 0.717) is 26.4 Å². The first kappa shape index (κ1) is 20.0. The van der Waals surface area contributed by atoms with Crippen LogP contribution < -0.4 is 0 Å². The second kappa shape index (κ2) is 8.72. The molecule has 0 aromatic heterocycles. The largest absolute Gasteiger partial charge is 0.500 e. The van der Waals surface area contributed by atoms with Crippen LogP contribution in [0.1, 0.15) is 33.6 Å². The number of hydrogen-bond acceptors (Lipinski definition) is 6. The fourth-order valence-corrected chi connectivity index (χ4v) is 4.05. The molecule has 132 valence electrons. The van der Waals surface area contributed by atoms with E-state index < -0.39 is 14.6 Å². The first-order valence-corrected chi connectivity index (χ1v) is 9.81. The third kappa shape index (κ3) is 5.56. The van der Waals surface area contributed by atoms with Crippen LogP contribution in [0.15, 0.2) is 0 Å². The fourth-order valence-electron chi connectivity index (χ4n) is 2.36. The van der Waals surface area contributed by atoms with Crippen LogP contribution in [-0.4, -0.2) is 62.3 Å². The molecule has 6 nitrogen and oxygen atoms in total. The average Bonchev–Trinajstić information content (AvgIpc) is 2.53. The van der Waals surface area contributed by atoms with Crippen molar-refractivity contribution in [3.63, 3.8) is 0 Å². The Morgan fingerprint density at radius 1 is 1.00 bits per heavy atom. The molecular weight excluding hydrogens is 304 g/mol. The summed E-state index contributed by atoms with van der Waals surface area (Å²) in [5, 5.41) is 0. The van der Waals surface area contributed by atoms with E-state index in [1.807, 2.05) is 13.8 Å². The molecule has 1 saturated heterocycles. The number of rotatable bonds is 10. The minimum Gasteiger partial charge on any atom is -0.381 e. The van der Waals surface area contributed by atoms with E-state index in [2.05, 4.69) is 6.92 Å². The molecule has 1 heterocycles. The van der Waals surface area contributed by atoms with Crippen molar-refractivity contribution in [2.24, 2.45) is 5.41 Å². The highest BCUT2D eigenvalue weighted by molar-refractivity contribution is 6.60. The van der Waals surface area contributed by atoms with Crippen LogP contribution in [0, 0.1) is 5.41 Å². The highest BCUT2D eigenvalue weighted by atomic mass is 28.4. The van der Waals surface area contributed by atoms with E-state index in [-0.39, 0.29) is 5.41 Å². The van der Waals surface area contributed by atoms with Crippen LogP contribution in [0.25, 0.3) is 0 Å². The molecule has 1 aliphatic rings. The van der Waals surface area contributed by atoms with Gasteiger partial charge in [0.25, 0.3) is 0 Å². The SMILES string of the molecule is CCC1(COCCC[Si](OC)(OC)OC)COC(C)(C)OC1. The van der Waals surface area contributed by atoms with Gasteiger partial charge < -0.3 is 27.5 Å². The summed E-state index contributed by atoms with van der Waals surface area (Å²) in [6.45, 7) is 8.66. The lowest BCUT2D eigenvalue weighted by atomic mass is 9.87. The summed E-state index contributed by atoms with van der Waals surface area (Å²) in [5.74, 6) is -0.487. The maximum atomic E-state index is 5.86. The molecule has 1 rings (SSSR count). The topological polar surface area (TPSA) is 55.4 Å². The second-order valence-electron chi connectivity index (χ2n) is 6.28. The van der Waals surface area contributed by atoms with E-state index in [1.165, 1.54) is 0 Å². The van der Waals surface area contributed by atoms with Crippen molar-refractivity contribution in [2.45, 2.75) is 45.4 Å². The first-order chi connectivity index (χ1) is 10.4. The van der Waals surface area contributed by atoms with Crippen molar-refractivity contribution in [3.05, 3.63) is 0 Å². The van der Waals surface area contributed by atoms with E-state index in [9.17, 15) is 0 Å². The third-order valence-corrected chi connectivity index (χ3v) is 7.15. The van der Waals surface area contributed by atoms with Gasteiger partial charge in [0.1, 0.15) is 0 Å². The Morgan fingerprint density at radius 2 is 1.55 bits per heavy atom. The van der Waals surface area contributed by atoms with Crippen LogP contribution in [0.4, 0.5) is 0 Å². The summed E-state index contributed by atoms with van der Waals surface area (Å²) in [4.78, 5) is 0. The zero-order valence-corrected chi connectivity index (χ0v) is 15.9. The van der Waals surface area contributed by atoms with Crippen molar-refractivity contribution in [3.8, 4) is 0 Å². The molecule has 0 aliphatic carbocycles. The van der Waals surface area contributed by atoms with Crippen molar-refractivity contribution in [1.29, 1.82) is 0 Å². The lowest BCUT2D eigenvalue weighted by molar-refractivity contribution is -0.292. The van der Waals surface area contributed by atoms with Crippen molar-refractivity contribution < 1.29 is 27.5 Å². The Kier molecular flexibility index (Phi) is 7.94. The Hall–Kier alpha value is -0.0231. The van der Waals surface area contributed by atoms with Gasteiger partial charge in [0.2, 0.25) is 0 Å². The normalized spacial score (nSPS) is 21.0. The summed E-state index contributed by atoms with van der Waals surface area (Å²) >= 11 is 0. The Bertz CT molecular complexity index is 301. The summed E-state index contributed by atoms with van der Waals surface area (Å²) < 4.78 is 33.6. The molecule has 7 heteroatoms. The molecule has 0 spiro atoms. The molecule has 22 heavy (non-hydrogen) atoms. The minimum atomic E-state index is -2.48. The van der Waals surface area contributed by atoms with Crippen LogP contribution in [0.3, 0.4) is 0 Å². The fraction of sp³-hybridized carbons (Fsp3) is 1.00. The molecule has 0 aromatic carbocycles. The molecule has 0 saturated carbocycles. The maximum Gasteiger partial charge on any atom is 0.500 e. The molecule has 0 atom stereocenters. The summed E-state index contributed by atoms with van der Waals surface area (Å²) in [5.41, 5.74) is -0.0478. The van der Waals surface area contributed by atoms with Crippen molar-refractivity contribution in [2.75, 3.05) is 47.8 Å². The van der Waals surface area contributed by atoms with Crippen LogP contribution in [-0.2, 0) is 27.5 Å². The molecule has 0 bridgehead atoms. The average molecular weight is 337 g/mol. The smallest absolute Gasteiger partial charge is 0.381 e. The Balaban J connectivity index is 2.31. The van der Waals surface area contributed by atoms with Crippen molar-refractivity contribution in [1.82, 2.24) is 0 Å². The van der Waals surface area contributed by atoms with Gasteiger partial charge >= 0.3 is 8.80 Å². The summed E-state index contributed by atoms with van der Waals surface area (Å²) in [6, 6.07) is 0.746. The zero-order valence-electron chi connectivity index (χ0n) is 14.9. The van der Waals surface area contributed by atoms with Crippen LogP contribution >= 0.6 is 0 Å². The zero-order chi connectivity index (χ0) is 16.7. The Labute approximate surface area is 135 Å². The summed E-state index contributed by atoms with van der Waals surface area (Å²) in [6.07, 6.45) is 1.81. The van der Waals surface area contributed by atoms with Gasteiger partial charge in [-0.25, -0.2) is 0 Å². The molecule has 0 aromatic rings. The molecular formula is C15H32O6Si. The van der Waals surface area contributed by atoms with Gasteiger partial charge in [-0.1, -0.05) is 6.92 Å². The molecule has 1 aliphatic heterocycles. The van der Waals surface area contributed by atoms with Gasteiger partial charge in [-0.05, 0) is 26.7 Å². The number of hydrogen-bond donors (Lipinski definition) is 0. The molecule has 0 unspecified atom stereocenters. The van der Waals surface area contributed by atoms with E-state index in [0.717, 1.165) is 18.9 Å². The quantitative estimate of drug-likeness (QED) is 0.451. The summed E-state index contributed by atoms with van der Waals surface area (Å²) in [7, 11) is 2.41. The first-order valence-electron chi connectivity index (χ1n) is 7.87. The van der Waals surface area contributed by atoms with E-state index in [1.54, 1.807) is 21.3 Å². The van der Waals surface area contributed by atoms with Gasteiger partial charge in [0, 0.05) is 39.4 Å². The van der Waals surface area contributed by atoms with Gasteiger partial charge in [0.05, 0.1) is 19.8 Å². The van der Waals surface area contributed by atoms with E-state index >= 15 is 0 Å². The highest BCUT2D eigenvalue weighted by Gasteiger charge is 2.40. The van der Waals surface area contributed by atoms with Crippen LogP contribution in [0.2, 0.25) is 6.04 Å². The third-order valence-electron chi connectivity index (χ3n) is 4.31. The maximum absolute atomic E-state index is 5.86. The van der Waals surface area contributed by atoms with Gasteiger partial charge in [-0.3, -0.25) is 0 Å². The molecule has 0 amide bonds. The highest BCUT2D eigenvalue weighted by Crippen LogP contribution is 2.32. The van der Waals surface area contributed by atoms with Gasteiger partial charge in [0.15, 0.2) is 5.79 Å². The predicted octanol–water partition coefficient (Wildman–Crippen LogP) is 2.45. The predicted molar refractivity (Wildman–Crippen MR) is 85.7 cm³/mol. The second-order valence-corrected chi connectivity index (χ2v) is 9.37. The molecule has 1 fully saturated rings. The monoisotopic (exact) mass is 336 g/mol. The molecule has 0 radical (unpaired) electrons. The van der Waals surface area contributed by atoms with Gasteiger partial charge in [-0.15, -0.1) is 0 Å². The van der Waals surface area contributed by atoms with E-state index in [4.69, 9.17) is 27.5 Å².